The van der Waals surface area contributed by atoms with Crippen LogP contribution in [0.1, 0.15) is 157 Å². The molecule has 3 heteroatoms. The molecule has 0 fully saturated rings. The first-order valence-corrected chi connectivity index (χ1v) is 27.2. The van der Waals surface area contributed by atoms with Crippen LogP contribution in [0.5, 0.6) is 0 Å². The van der Waals surface area contributed by atoms with Crippen molar-refractivity contribution in [2.45, 2.75) is 142 Å². The first-order chi connectivity index (χ1) is 34.6. The van der Waals surface area contributed by atoms with E-state index in [1.807, 2.05) is 0 Å². The molecule has 2 aliphatic carbocycles. The Morgan fingerprint density at radius 3 is 1.49 bits per heavy atom. The zero-order valence-electron chi connectivity index (χ0n) is 45.8. The Hall–Kier alpha value is -6.58. The van der Waals surface area contributed by atoms with E-state index in [2.05, 4.69) is 264 Å². The lowest BCUT2D eigenvalue weighted by atomic mass is 9.33. The van der Waals surface area contributed by atoms with E-state index in [0.29, 0.717) is 0 Å². The highest BCUT2D eigenvalue weighted by Crippen LogP contribution is 2.55. The summed E-state index contributed by atoms with van der Waals surface area (Å²) in [5.74, 6) is 0.0536. The van der Waals surface area contributed by atoms with Crippen LogP contribution in [0.4, 0.5) is 34.1 Å². The third-order valence-electron chi connectivity index (χ3n) is 18.0. The second-order valence-corrected chi connectivity index (χ2v) is 26.1. The molecule has 0 unspecified atom stereocenters. The molecule has 0 atom stereocenters. The van der Waals surface area contributed by atoms with Crippen molar-refractivity contribution in [2.75, 3.05) is 9.80 Å². The molecule has 73 heavy (non-hydrogen) atoms. The molecule has 0 saturated carbocycles. The van der Waals surface area contributed by atoms with Crippen molar-refractivity contribution in [3.8, 4) is 11.1 Å². The molecule has 0 amide bonds. The predicted octanol–water partition coefficient (Wildman–Crippen LogP) is 16.8. The van der Waals surface area contributed by atoms with E-state index in [1.54, 1.807) is 0 Å². The summed E-state index contributed by atoms with van der Waals surface area (Å²) >= 11 is 0. The second-order valence-electron chi connectivity index (χ2n) is 26.1. The minimum absolute atomic E-state index is 0.0229. The fourth-order valence-corrected chi connectivity index (χ4v) is 14.1. The molecule has 4 aliphatic rings. The zero-order chi connectivity index (χ0) is 51.1. The molecule has 2 nitrogen and oxygen atoms in total. The maximum absolute atomic E-state index is 2.76. The van der Waals surface area contributed by atoms with E-state index in [9.17, 15) is 0 Å². The van der Waals surface area contributed by atoms with Gasteiger partial charge in [0.05, 0.1) is 0 Å². The largest absolute Gasteiger partial charge is 0.311 e. The van der Waals surface area contributed by atoms with Gasteiger partial charge in [0.15, 0.2) is 0 Å². The fraction of sp³-hybridized carbons (Fsp3) is 0.314. The van der Waals surface area contributed by atoms with Crippen LogP contribution in [-0.4, -0.2) is 6.71 Å². The number of anilines is 6. The topological polar surface area (TPSA) is 6.48 Å². The number of aryl methyl sites for hydroxylation is 2. The van der Waals surface area contributed by atoms with Crippen molar-refractivity contribution in [2.24, 2.45) is 0 Å². The van der Waals surface area contributed by atoms with Crippen LogP contribution in [0, 0.1) is 13.8 Å². The Balaban J connectivity index is 1.23. The number of fused-ring (bicyclic) bond motifs is 6. The van der Waals surface area contributed by atoms with Gasteiger partial charge >= 0.3 is 0 Å². The van der Waals surface area contributed by atoms with Crippen molar-refractivity contribution in [3.05, 3.63) is 219 Å². The van der Waals surface area contributed by atoms with Gasteiger partial charge < -0.3 is 9.80 Å². The summed E-state index contributed by atoms with van der Waals surface area (Å²) in [5.41, 5.74) is 28.1. The van der Waals surface area contributed by atoms with E-state index in [1.165, 1.54) is 117 Å². The van der Waals surface area contributed by atoms with Crippen molar-refractivity contribution in [1.29, 1.82) is 0 Å². The number of rotatable bonds is 6. The minimum Gasteiger partial charge on any atom is -0.311 e. The first-order valence-electron chi connectivity index (χ1n) is 27.2. The van der Waals surface area contributed by atoms with Gasteiger partial charge in [-0.3, -0.25) is 0 Å². The van der Waals surface area contributed by atoms with Crippen LogP contribution < -0.4 is 26.2 Å². The third kappa shape index (κ3) is 7.57. The Bertz CT molecular complexity index is 3460. The van der Waals surface area contributed by atoms with Crippen LogP contribution in [-0.2, 0) is 27.1 Å². The lowest BCUT2D eigenvalue weighted by molar-refractivity contribution is 0.332. The van der Waals surface area contributed by atoms with Gasteiger partial charge in [-0.2, -0.15) is 0 Å². The predicted molar refractivity (Wildman–Crippen MR) is 314 cm³/mol. The van der Waals surface area contributed by atoms with Crippen molar-refractivity contribution in [3.63, 3.8) is 0 Å². The normalized spacial score (nSPS) is 17.4. The van der Waals surface area contributed by atoms with Crippen LogP contribution in [0.25, 0.3) is 11.1 Å². The maximum atomic E-state index is 2.76. The maximum Gasteiger partial charge on any atom is 0.252 e. The third-order valence-corrected chi connectivity index (χ3v) is 18.0. The lowest BCUT2D eigenvalue weighted by Gasteiger charge is -2.48. The second kappa shape index (κ2) is 16.5. The quantitative estimate of drug-likeness (QED) is 0.121. The van der Waals surface area contributed by atoms with E-state index < -0.39 is 0 Å². The molecule has 8 aromatic carbocycles. The van der Waals surface area contributed by atoms with Crippen molar-refractivity contribution in [1.82, 2.24) is 0 Å². The molecular formula is C70H73BN2. The average Bonchev–Trinajstić information content (AvgIpc) is 3.54. The average molecular weight is 953 g/mol. The van der Waals surface area contributed by atoms with Gasteiger partial charge in [0.2, 0.25) is 0 Å². The Morgan fingerprint density at radius 2 is 0.904 bits per heavy atom. The molecule has 0 bridgehead atoms. The van der Waals surface area contributed by atoms with Crippen LogP contribution in [0.15, 0.2) is 164 Å². The van der Waals surface area contributed by atoms with Gasteiger partial charge in [0, 0.05) is 40.0 Å². The molecule has 0 saturated heterocycles. The highest BCUT2D eigenvalue weighted by molar-refractivity contribution is 7.00. The summed E-state index contributed by atoms with van der Waals surface area (Å²) < 4.78 is 0. The van der Waals surface area contributed by atoms with Crippen LogP contribution >= 0.6 is 0 Å². The number of hydrogen-bond donors (Lipinski definition) is 0. The van der Waals surface area contributed by atoms with Gasteiger partial charge in [-0.15, -0.1) is 0 Å². The molecule has 366 valence electrons. The lowest BCUT2D eigenvalue weighted by Crippen LogP contribution is -2.62. The van der Waals surface area contributed by atoms with E-state index in [-0.39, 0.29) is 39.7 Å². The Kier molecular flexibility index (Phi) is 10.7. The molecular weight excluding hydrogens is 880 g/mol. The summed E-state index contributed by atoms with van der Waals surface area (Å²) in [6, 6.07) is 63.7. The molecule has 0 radical (unpaired) electrons. The molecule has 0 aromatic heterocycles. The molecule has 12 rings (SSSR count). The first kappa shape index (κ1) is 47.4. The Morgan fingerprint density at radius 1 is 0.411 bits per heavy atom. The summed E-state index contributed by atoms with van der Waals surface area (Å²) in [5, 5.41) is 0. The SMILES string of the molecule is Cc1ccc(-c2ccccc2)cc1N1c2ccc(C(c3ccccc3)c3ccccc3)cc2B2c3cc4c(cc3N(c3cc5c(cc3C)C(C)(C)CC5(C)C)c3cc(C(C)(C)C)cc1c32)C(C)(C)CCC4(C)C. The molecule has 8 aromatic rings. The van der Waals surface area contributed by atoms with E-state index in [4.69, 9.17) is 0 Å². The van der Waals surface area contributed by atoms with Crippen molar-refractivity contribution >= 4 is 57.2 Å². The van der Waals surface area contributed by atoms with Gasteiger partial charge in [-0.1, -0.05) is 204 Å². The van der Waals surface area contributed by atoms with Crippen LogP contribution in [0.3, 0.4) is 0 Å². The highest BCUT2D eigenvalue weighted by atomic mass is 15.2. The fourth-order valence-electron chi connectivity index (χ4n) is 14.1. The standard InChI is InChI=1S/C70H73BN2/c1-44-29-30-49(46-23-17-14-18-24-46)37-59(44)72-58-32-31-50(64(47-25-19-15-20-26-47)48-27-21-16-22-28-48)36-56(58)71-57-40-53-54(68(8,9)34-33-67(53,6)7)42-61(57)73(63-39-51(66(3,4)5)38-62(72)65(63)71)60-41-55-52(35-45(60)2)69(10,11)43-70(55,12)13/h14-32,35-42,64H,33-34,43H2,1-13H3. The van der Waals surface area contributed by atoms with Gasteiger partial charge in [0.25, 0.3) is 6.71 Å². The van der Waals surface area contributed by atoms with Gasteiger partial charge in [-0.05, 0) is 180 Å². The van der Waals surface area contributed by atoms with E-state index >= 15 is 0 Å². The smallest absolute Gasteiger partial charge is 0.252 e. The van der Waals surface area contributed by atoms with Gasteiger partial charge in [0.1, 0.15) is 0 Å². The van der Waals surface area contributed by atoms with E-state index in [0.717, 1.165) is 19.3 Å². The van der Waals surface area contributed by atoms with Crippen LogP contribution in [0.2, 0.25) is 0 Å². The monoisotopic (exact) mass is 953 g/mol. The molecule has 2 heterocycles. The molecule has 0 spiro atoms. The number of benzene rings is 8. The number of nitrogens with zero attached hydrogens (tertiary/aromatic N) is 2. The van der Waals surface area contributed by atoms with Crippen molar-refractivity contribution < 1.29 is 0 Å². The molecule has 2 aliphatic heterocycles. The summed E-state index contributed by atoms with van der Waals surface area (Å²) in [4.78, 5) is 5.42. The minimum atomic E-state index is -0.136. The summed E-state index contributed by atoms with van der Waals surface area (Å²) in [7, 11) is 0. The summed E-state index contributed by atoms with van der Waals surface area (Å²) in [6.45, 7) is 31.7. The Labute approximate surface area is 437 Å². The highest BCUT2D eigenvalue weighted by Gasteiger charge is 2.49. The zero-order valence-corrected chi connectivity index (χ0v) is 45.8. The molecule has 0 N–H and O–H groups in total. The van der Waals surface area contributed by atoms with Gasteiger partial charge in [-0.25, -0.2) is 0 Å². The number of hydrogen-bond acceptors (Lipinski definition) is 2. The summed E-state index contributed by atoms with van der Waals surface area (Å²) in [6.07, 6.45) is 3.45.